The number of carbonyl (C=O) groups excluding carboxylic acids is 1. The quantitative estimate of drug-likeness (QED) is 0.299. The number of fused-ring (bicyclic) bond motifs is 1. The number of anilines is 2. The topological polar surface area (TPSA) is 108 Å². The first-order valence-corrected chi connectivity index (χ1v) is 13.3. The van der Waals surface area contributed by atoms with Crippen molar-refractivity contribution in [3.8, 4) is 28.3 Å². The van der Waals surface area contributed by atoms with Crippen molar-refractivity contribution in [2.24, 2.45) is 0 Å². The lowest BCUT2D eigenvalue weighted by Gasteiger charge is -2.28. The SMILES string of the molecule is CCN1CCc2nc(-c3cccc(OCC(=O)NC(C)(C)C)c3)nc(Nc3ccc(-c4cn[nH]c4)cc3)c2C1. The second-order valence-corrected chi connectivity index (χ2v) is 10.7. The molecule has 0 spiro atoms. The van der Waals surface area contributed by atoms with Gasteiger partial charge in [0.1, 0.15) is 11.6 Å². The summed E-state index contributed by atoms with van der Waals surface area (Å²) >= 11 is 0. The molecule has 39 heavy (non-hydrogen) atoms. The Bertz CT molecular complexity index is 1430. The predicted octanol–water partition coefficient (Wildman–Crippen LogP) is 4.95. The monoisotopic (exact) mass is 525 g/mol. The molecule has 1 aliphatic rings. The van der Waals surface area contributed by atoms with Gasteiger partial charge in [0.15, 0.2) is 12.4 Å². The van der Waals surface area contributed by atoms with Crippen molar-refractivity contribution in [2.75, 3.05) is 25.0 Å². The van der Waals surface area contributed by atoms with E-state index in [1.165, 1.54) is 0 Å². The van der Waals surface area contributed by atoms with E-state index in [-0.39, 0.29) is 18.1 Å². The summed E-state index contributed by atoms with van der Waals surface area (Å²) in [7, 11) is 0. The highest BCUT2D eigenvalue weighted by Gasteiger charge is 2.23. The number of benzene rings is 2. The van der Waals surface area contributed by atoms with Gasteiger partial charge in [-0.3, -0.25) is 14.8 Å². The van der Waals surface area contributed by atoms with Gasteiger partial charge in [0.25, 0.3) is 5.91 Å². The van der Waals surface area contributed by atoms with Crippen LogP contribution in [-0.4, -0.2) is 56.2 Å². The molecule has 0 fully saturated rings. The Balaban J connectivity index is 1.41. The van der Waals surface area contributed by atoms with Crippen molar-refractivity contribution in [1.29, 1.82) is 0 Å². The summed E-state index contributed by atoms with van der Waals surface area (Å²) < 4.78 is 5.79. The molecule has 1 amide bonds. The molecule has 0 saturated carbocycles. The number of aromatic amines is 1. The predicted molar refractivity (Wildman–Crippen MR) is 153 cm³/mol. The summed E-state index contributed by atoms with van der Waals surface area (Å²) in [6.45, 7) is 10.7. The normalized spacial score (nSPS) is 13.5. The Morgan fingerprint density at radius 1 is 1.08 bits per heavy atom. The van der Waals surface area contributed by atoms with Gasteiger partial charge < -0.3 is 15.4 Å². The van der Waals surface area contributed by atoms with Crippen LogP contribution >= 0.6 is 0 Å². The number of hydrogen-bond donors (Lipinski definition) is 3. The van der Waals surface area contributed by atoms with Crippen molar-refractivity contribution < 1.29 is 9.53 Å². The third-order valence-corrected chi connectivity index (χ3v) is 6.54. The Morgan fingerprint density at radius 2 is 1.90 bits per heavy atom. The number of rotatable bonds is 8. The summed E-state index contributed by atoms with van der Waals surface area (Å²) in [6, 6.07) is 15.8. The van der Waals surface area contributed by atoms with Crippen LogP contribution in [0.3, 0.4) is 0 Å². The molecule has 0 bridgehead atoms. The average molecular weight is 526 g/mol. The van der Waals surface area contributed by atoms with Gasteiger partial charge in [0, 0.05) is 53.6 Å². The van der Waals surface area contributed by atoms with Crippen LogP contribution in [0.1, 0.15) is 39.0 Å². The maximum absolute atomic E-state index is 12.2. The zero-order chi connectivity index (χ0) is 27.4. The van der Waals surface area contributed by atoms with E-state index in [4.69, 9.17) is 14.7 Å². The number of likely N-dealkylation sites (N-methyl/N-ethyl adjacent to an activating group) is 1. The molecule has 3 N–H and O–H groups in total. The molecule has 5 rings (SSSR count). The second kappa shape index (κ2) is 11.2. The van der Waals surface area contributed by atoms with Crippen LogP contribution in [-0.2, 0) is 17.8 Å². The second-order valence-electron chi connectivity index (χ2n) is 10.7. The van der Waals surface area contributed by atoms with Gasteiger partial charge in [-0.25, -0.2) is 9.97 Å². The van der Waals surface area contributed by atoms with Crippen LogP contribution < -0.4 is 15.4 Å². The van der Waals surface area contributed by atoms with Gasteiger partial charge >= 0.3 is 0 Å². The summed E-state index contributed by atoms with van der Waals surface area (Å²) in [5.74, 6) is 1.86. The van der Waals surface area contributed by atoms with Gasteiger partial charge in [0.05, 0.1) is 11.9 Å². The Hall–Kier alpha value is -4.24. The van der Waals surface area contributed by atoms with E-state index in [2.05, 4.69) is 44.8 Å². The number of amides is 1. The van der Waals surface area contributed by atoms with E-state index in [0.717, 1.165) is 65.5 Å². The van der Waals surface area contributed by atoms with E-state index in [1.807, 2.05) is 69.6 Å². The third-order valence-electron chi connectivity index (χ3n) is 6.54. The zero-order valence-electron chi connectivity index (χ0n) is 22.9. The fourth-order valence-electron chi connectivity index (χ4n) is 4.59. The van der Waals surface area contributed by atoms with Gasteiger partial charge in [-0.05, 0) is 57.1 Å². The maximum atomic E-state index is 12.2. The first-order chi connectivity index (χ1) is 18.8. The highest BCUT2D eigenvalue weighted by molar-refractivity contribution is 5.78. The van der Waals surface area contributed by atoms with E-state index in [0.29, 0.717) is 11.6 Å². The van der Waals surface area contributed by atoms with Crippen LogP contribution in [0.2, 0.25) is 0 Å². The summed E-state index contributed by atoms with van der Waals surface area (Å²) in [5.41, 5.74) is 5.78. The molecule has 1 aliphatic heterocycles. The van der Waals surface area contributed by atoms with E-state index in [1.54, 1.807) is 0 Å². The molecule has 0 saturated heterocycles. The minimum atomic E-state index is -0.310. The standard InChI is InChI=1S/C30H35N7O2/c1-5-37-14-13-26-25(18-37)29(33-23-11-9-20(10-12-23)22-16-31-32-17-22)35-28(34-26)21-7-6-8-24(15-21)39-19-27(38)36-30(2,3)4/h6-12,15-17H,5,13-14,18-19H2,1-4H3,(H,31,32)(H,36,38)(H,33,34,35). The molecule has 3 heterocycles. The molecule has 0 unspecified atom stereocenters. The number of nitrogens with one attached hydrogen (secondary N) is 3. The minimum Gasteiger partial charge on any atom is -0.484 e. The van der Waals surface area contributed by atoms with Crippen LogP contribution in [0.25, 0.3) is 22.5 Å². The molecule has 202 valence electrons. The van der Waals surface area contributed by atoms with Gasteiger partial charge in [-0.1, -0.05) is 31.2 Å². The van der Waals surface area contributed by atoms with Gasteiger partial charge in [-0.15, -0.1) is 0 Å². The number of carbonyl (C=O) groups is 1. The maximum Gasteiger partial charge on any atom is 0.258 e. The number of hydrogen-bond acceptors (Lipinski definition) is 7. The molecular formula is C30H35N7O2. The minimum absolute atomic E-state index is 0.0553. The molecule has 9 heteroatoms. The van der Waals surface area contributed by atoms with Crippen LogP contribution in [0.5, 0.6) is 5.75 Å². The lowest BCUT2D eigenvalue weighted by Crippen LogP contribution is -2.43. The number of nitrogens with zero attached hydrogens (tertiary/aromatic N) is 4. The molecule has 2 aromatic carbocycles. The highest BCUT2D eigenvalue weighted by Crippen LogP contribution is 2.31. The van der Waals surface area contributed by atoms with E-state index in [9.17, 15) is 4.79 Å². The van der Waals surface area contributed by atoms with Crippen LogP contribution in [0.15, 0.2) is 60.9 Å². The molecular weight excluding hydrogens is 490 g/mol. The molecule has 9 nitrogen and oxygen atoms in total. The number of ether oxygens (including phenoxy) is 1. The lowest BCUT2D eigenvalue weighted by molar-refractivity contribution is -0.124. The van der Waals surface area contributed by atoms with Crippen molar-refractivity contribution in [3.63, 3.8) is 0 Å². The van der Waals surface area contributed by atoms with Crippen molar-refractivity contribution in [1.82, 2.24) is 30.4 Å². The van der Waals surface area contributed by atoms with E-state index >= 15 is 0 Å². The summed E-state index contributed by atoms with van der Waals surface area (Å²) in [5, 5.41) is 13.4. The smallest absolute Gasteiger partial charge is 0.258 e. The first kappa shape index (κ1) is 26.4. The Kier molecular flexibility index (Phi) is 7.60. The average Bonchev–Trinajstić information content (AvgIpc) is 3.46. The third kappa shape index (κ3) is 6.61. The van der Waals surface area contributed by atoms with Crippen molar-refractivity contribution >= 4 is 17.4 Å². The number of aromatic nitrogens is 4. The molecule has 0 radical (unpaired) electrons. The largest absolute Gasteiger partial charge is 0.484 e. The molecule has 4 aromatic rings. The highest BCUT2D eigenvalue weighted by atomic mass is 16.5. The summed E-state index contributed by atoms with van der Waals surface area (Å²) in [4.78, 5) is 24.6. The Labute approximate surface area is 229 Å². The van der Waals surface area contributed by atoms with Crippen LogP contribution in [0, 0.1) is 0 Å². The van der Waals surface area contributed by atoms with Gasteiger partial charge in [-0.2, -0.15) is 5.10 Å². The van der Waals surface area contributed by atoms with E-state index < -0.39 is 0 Å². The fraction of sp³-hybridized carbons (Fsp3) is 0.333. The van der Waals surface area contributed by atoms with Gasteiger partial charge in [0.2, 0.25) is 0 Å². The molecule has 0 aliphatic carbocycles. The summed E-state index contributed by atoms with van der Waals surface area (Å²) in [6.07, 6.45) is 4.54. The zero-order valence-corrected chi connectivity index (χ0v) is 22.9. The first-order valence-electron chi connectivity index (χ1n) is 13.3. The lowest BCUT2D eigenvalue weighted by atomic mass is 10.0. The van der Waals surface area contributed by atoms with Crippen molar-refractivity contribution in [3.05, 3.63) is 72.2 Å². The molecule has 2 aromatic heterocycles. The fourth-order valence-corrected chi connectivity index (χ4v) is 4.59. The van der Waals surface area contributed by atoms with Crippen molar-refractivity contribution in [2.45, 2.75) is 46.2 Å². The van der Waals surface area contributed by atoms with Crippen LogP contribution in [0.4, 0.5) is 11.5 Å². The Morgan fingerprint density at radius 3 is 2.62 bits per heavy atom. The number of H-pyrrole nitrogens is 1. The molecule has 0 atom stereocenters.